The highest BCUT2D eigenvalue weighted by molar-refractivity contribution is 7.99. The molecule has 17 heavy (non-hydrogen) atoms. The highest BCUT2D eigenvalue weighted by atomic mass is 35.5. The maximum atomic E-state index is 12.2. The van der Waals surface area contributed by atoms with Gasteiger partial charge >= 0.3 is 0 Å². The maximum Gasteiger partial charge on any atom is 0.281 e. The van der Waals surface area contributed by atoms with Crippen LogP contribution in [0.2, 0.25) is 5.02 Å². The molecule has 0 aliphatic carbocycles. The van der Waals surface area contributed by atoms with Gasteiger partial charge in [0.15, 0.2) is 5.78 Å². The van der Waals surface area contributed by atoms with E-state index in [-0.39, 0.29) is 28.0 Å². The molecule has 0 N–H and O–H groups in total. The van der Waals surface area contributed by atoms with Gasteiger partial charge in [0.1, 0.15) is 5.56 Å². The molecule has 0 radical (unpaired) electrons. The number of nitro benzene ring substituents is 1. The van der Waals surface area contributed by atoms with Gasteiger partial charge in [0, 0.05) is 17.7 Å². The van der Waals surface area contributed by atoms with E-state index in [1.54, 1.807) is 11.8 Å². The molecule has 4 nitrogen and oxygen atoms in total. The summed E-state index contributed by atoms with van der Waals surface area (Å²) in [4.78, 5) is 22.5. The van der Waals surface area contributed by atoms with Crippen molar-refractivity contribution in [2.75, 3.05) is 11.5 Å². The topological polar surface area (TPSA) is 60.2 Å². The van der Waals surface area contributed by atoms with Crippen molar-refractivity contribution in [1.29, 1.82) is 0 Å². The number of Topliss-reactive ketones (excluding diaryl/α,β-unsaturated/α-hetero) is 1. The summed E-state index contributed by atoms with van der Waals surface area (Å²) in [6.07, 6.45) is 0.770. The number of carbonyl (C=O) groups is 1. The monoisotopic (exact) mass is 271 g/mol. The lowest BCUT2D eigenvalue weighted by atomic mass is 9.96. The van der Waals surface area contributed by atoms with E-state index in [1.165, 1.54) is 18.2 Å². The lowest BCUT2D eigenvalue weighted by Crippen LogP contribution is -2.16. The van der Waals surface area contributed by atoms with Gasteiger partial charge in [0.25, 0.3) is 5.69 Å². The minimum Gasteiger partial charge on any atom is -0.294 e. The second kappa shape index (κ2) is 5.06. The minimum atomic E-state index is -0.554. The summed E-state index contributed by atoms with van der Waals surface area (Å²) in [5.41, 5.74) is -0.133. The molecule has 1 saturated heterocycles. The largest absolute Gasteiger partial charge is 0.294 e. The highest BCUT2D eigenvalue weighted by Crippen LogP contribution is 2.33. The number of ketones is 1. The zero-order valence-electron chi connectivity index (χ0n) is 8.89. The molecule has 1 aliphatic rings. The summed E-state index contributed by atoms with van der Waals surface area (Å²) in [6, 6.07) is 4.33. The Bertz CT molecular complexity index is 472. The number of hydrogen-bond donors (Lipinski definition) is 0. The van der Waals surface area contributed by atoms with Gasteiger partial charge in [-0.25, -0.2) is 0 Å². The third-order valence-electron chi connectivity index (χ3n) is 2.74. The molecule has 0 spiro atoms. The SMILES string of the molecule is O=C(c1c(Cl)cccc1[N+](=O)[O-])C1CCSC1. The predicted molar refractivity (Wildman–Crippen MR) is 67.9 cm³/mol. The maximum absolute atomic E-state index is 12.2. The third kappa shape index (κ3) is 2.45. The zero-order valence-corrected chi connectivity index (χ0v) is 10.5. The van der Waals surface area contributed by atoms with Gasteiger partial charge in [-0.3, -0.25) is 14.9 Å². The second-order valence-electron chi connectivity index (χ2n) is 3.82. The summed E-state index contributed by atoms with van der Waals surface area (Å²) < 4.78 is 0. The summed E-state index contributed by atoms with van der Waals surface area (Å²) in [5.74, 6) is 1.31. The fourth-order valence-corrected chi connectivity index (χ4v) is 3.34. The first-order valence-corrected chi connectivity index (χ1v) is 6.69. The first-order chi connectivity index (χ1) is 8.11. The molecule has 1 heterocycles. The van der Waals surface area contributed by atoms with Crippen molar-refractivity contribution in [3.63, 3.8) is 0 Å². The Morgan fingerprint density at radius 2 is 2.29 bits per heavy atom. The fraction of sp³-hybridized carbons (Fsp3) is 0.364. The Labute approximate surface area is 107 Å². The molecule has 1 unspecified atom stereocenters. The average Bonchev–Trinajstić information content (AvgIpc) is 2.81. The number of carbonyl (C=O) groups excluding carboxylic acids is 1. The molecule has 90 valence electrons. The van der Waals surface area contributed by atoms with Crippen molar-refractivity contribution in [2.24, 2.45) is 5.92 Å². The van der Waals surface area contributed by atoms with Crippen LogP contribution in [0.15, 0.2) is 18.2 Å². The molecule has 1 fully saturated rings. The van der Waals surface area contributed by atoms with E-state index >= 15 is 0 Å². The smallest absolute Gasteiger partial charge is 0.281 e. The van der Waals surface area contributed by atoms with E-state index in [4.69, 9.17) is 11.6 Å². The highest BCUT2D eigenvalue weighted by Gasteiger charge is 2.31. The third-order valence-corrected chi connectivity index (χ3v) is 4.21. The summed E-state index contributed by atoms with van der Waals surface area (Å²) in [7, 11) is 0. The Balaban J connectivity index is 2.42. The van der Waals surface area contributed by atoms with E-state index in [2.05, 4.69) is 0 Å². The number of benzene rings is 1. The normalized spacial score (nSPS) is 19.2. The van der Waals surface area contributed by atoms with Crippen molar-refractivity contribution >= 4 is 34.8 Å². The molecule has 2 rings (SSSR count). The number of halogens is 1. The van der Waals surface area contributed by atoms with Gasteiger partial charge in [-0.2, -0.15) is 11.8 Å². The van der Waals surface area contributed by atoms with E-state index < -0.39 is 4.92 Å². The lowest BCUT2D eigenvalue weighted by Gasteiger charge is -2.09. The van der Waals surface area contributed by atoms with Crippen LogP contribution in [0, 0.1) is 16.0 Å². The fourth-order valence-electron chi connectivity index (χ4n) is 1.85. The van der Waals surface area contributed by atoms with Gasteiger partial charge in [-0.05, 0) is 18.2 Å². The summed E-state index contributed by atoms with van der Waals surface area (Å²) in [6.45, 7) is 0. The number of nitrogens with zero attached hydrogens (tertiary/aromatic N) is 1. The molecule has 1 aromatic carbocycles. The Kier molecular flexibility index (Phi) is 3.69. The quantitative estimate of drug-likeness (QED) is 0.481. The van der Waals surface area contributed by atoms with Gasteiger partial charge in [0.05, 0.1) is 9.95 Å². The zero-order chi connectivity index (χ0) is 12.4. The second-order valence-corrected chi connectivity index (χ2v) is 5.37. The Morgan fingerprint density at radius 3 is 2.88 bits per heavy atom. The van der Waals surface area contributed by atoms with Crippen molar-refractivity contribution in [2.45, 2.75) is 6.42 Å². The number of rotatable bonds is 3. The van der Waals surface area contributed by atoms with Crippen LogP contribution in [0.1, 0.15) is 16.8 Å². The molecule has 0 bridgehead atoms. The van der Waals surface area contributed by atoms with Crippen molar-refractivity contribution in [1.82, 2.24) is 0 Å². The predicted octanol–water partition coefficient (Wildman–Crippen LogP) is 3.18. The number of nitro groups is 1. The summed E-state index contributed by atoms with van der Waals surface area (Å²) in [5, 5.41) is 11.1. The van der Waals surface area contributed by atoms with E-state index in [0.717, 1.165) is 17.9 Å². The average molecular weight is 272 g/mol. The van der Waals surface area contributed by atoms with Crippen LogP contribution in [0.3, 0.4) is 0 Å². The van der Waals surface area contributed by atoms with Gasteiger partial charge in [0.2, 0.25) is 0 Å². The molecule has 0 amide bonds. The molecule has 1 atom stereocenters. The van der Waals surface area contributed by atoms with Crippen LogP contribution < -0.4 is 0 Å². The molecular weight excluding hydrogens is 262 g/mol. The van der Waals surface area contributed by atoms with E-state index in [0.29, 0.717) is 0 Å². The first-order valence-electron chi connectivity index (χ1n) is 5.16. The van der Waals surface area contributed by atoms with Crippen LogP contribution in [-0.4, -0.2) is 22.2 Å². The van der Waals surface area contributed by atoms with Crippen LogP contribution in [0.5, 0.6) is 0 Å². The lowest BCUT2D eigenvalue weighted by molar-refractivity contribution is -0.385. The van der Waals surface area contributed by atoms with Crippen LogP contribution in [0.25, 0.3) is 0 Å². The Hall–Kier alpha value is -1.07. The van der Waals surface area contributed by atoms with Crippen LogP contribution in [-0.2, 0) is 0 Å². The number of thioether (sulfide) groups is 1. The van der Waals surface area contributed by atoms with Gasteiger partial charge in [-0.15, -0.1) is 0 Å². The van der Waals surface area contributed by atoms with Crippen molar-refractivity contribution in [3.8, 4) is 0 Å². The summed E-state index contributed by atoms with van der Waals surface area (Å²) >= 11 is 7.61. The number of hydrogen-bond acceptors (Lipinski definition) is 4. The molecule has 0 saturated carbocycles. The van der Waals surface area contributed by atoms with Crippen LogP contribution in [0.4, 0.5) is 5.69 Å². The van der Waals surface area contributed by atoms with Gasteiger partial charge in [-0.1, -0.05) is 17.7 Å². The Morgan fingerprint density at radius 1 is 1.53 bits per heavy atom. The molecule has 1 aliphatic heterocycles. The molecular formula is C11H10ClNO3S. The van der Waals surface area contributed by atoms with Crippen molar-refractivity contribution in [3.05, 3.63) is 38.9 Å². The van der Waals surface area contributed by atoms with Crippen molar-refractivity contribution < 1.29 is 9.72 Å². The van der Waals surface area contributed by atoms with E-state index in [9.17, 15) is 14.9 Å². The standard InChI is InChI=1S/C11H10ClNO3S/c12-8-2-1-3-9(13(15)16)10(8)11(14)7-4-5-17-6-7/h1-3,7H,4-6H2. The molecule has 6 heteroatoms. The molecule has 0 aromatic heterocycles. The molecule has 1 aromatic rings. The first kappa shape index (κ1) is 12.4. The minimum absolute atomic E-state index is 0.0617. The van der Waals surface area contributed by atoms with E-state index in [1.807, 2.05) is 0 Å². The van der Waals surface area contributed by atoms with Gasteiger partial charge < -0.3 is 0 Å². The van der Waals surface area contributed by atoms with Crippen LogP contribution >= 0.6 is 23.4 Å².